The van der Waals surface area contributed by atoms with Crippen LogP contribution in [0.1, 0.15) is 17.2 Å². The number of likely N-dealkylation sites (tertiary alicyclic amines) is 1. The maximum atomic E-state index is 14.5. The molecule has 1 N–H and O–H groups in total. The molecular weight excluding hydrogens is 347 g/mol. The van der Waals surface area contributed by atoms with Crippen molar-refractivity contribution in [3.8, 4) is 0 Å². The van der Waals surface area contributed by atoms with Gasteiger partial charge in [0, 0.05) is 24.2 Å². The van der Waals surface area contributed by atoms with Gasteiger partial charge in [-0.05, 0) is 20.2 Å². The predicted octanol–water partition coefficient (Wildman–Crippen LogP) is 2.81. The predicted molar refractivity (Wildman–Crippen MR) is 100 cm³/mol. The Morgan fingerprint density at radius 1 is 1.07 bits per heavy atom. The number of rotatable bonds is 5. The normalized spacial score (nSPS) is 19.1. The highest BCUT2D eigenvalue weighted by Gasteiger charge is 2.46. The third-order valence-corrected chi connectivity index (χ3v) is 4.58. The fourth-order valence-corrected chi connectivity index (χ4v) is 3.19. The van der Waals surface area contributed by atoms with E-state index in [1.54, 1.807) is 42.5 Å². The minimum absolute atomic E-state index is 0.0879. The van der Waals surface area contributed by atoms with E-state index in [1.165, 1.54) is 17.0 Å². The fourth-order valence-electron chi connectivity index (χ4n) is 3.19. The number of nitrogens with zero attached hydrogens (tertiary/aromatic N) is 2. The van der Waals surface area contributed by atoms with Crippen molar-refractivity contribution in [3.05, 3.63) is 77.1 Å². The van der Waals surface area contributed by atoms with Crippen LogP contribution in [0.5, 0.6) is 0 Å². The number of hydrogen-bond donors (Lipinski definition) is 1. The number of halogens is 1. The molecule has 1 unspecified atom stereocenters. The zero-order valence-electron chi connectivity index (χ0n) is 15.2. The highest BCUT2D eigenvalue weighted by Crippen LogP contribution is 2.40. The Hall–Kier alpha value is -2.99. The van der Waals surface area contributed by atoms with Crippen molar-refractivity contribution in [1.82, 2.24) is 9.80 Å². The van der Waals surface area contributed by atoms with Gasteiger partial charge in [-0.2, -0.15) is 0 Å². The summed E-state index contributed by atoms with van der Waals surface area (Å²) >= 11 is 0. The summed E-state index contributed by atoms with van der Waals surface area (Å²) < 4.78 is 14.5. The number of benzene rings is 2. The summed E-state index contributed by atoms with van der Waals surface area (Å²) in [7, 11) is 3.69. The summed E-state index contributed by atoms with van der Waals surface area (Å²) in [6, 6.07) is 13.5. The van der Waals surface area contributed by atoms with Crippen molar-refractivity contribution >= 4 is 17.4 Å². The van der Waals surface area contributed by atoms with Crippen LogP contribution in [-0.4, -0.2) is 53.8 Å². The standard InChI is InChI=1S/C21H21FN2O3/c1-23(2)12-13-24-18(15-10-6-7-11-16(15)22)17(20(26)21(24)27)19(25)14-8-4-3-5-9-14/h3-11,18,25H,12-13H2,1-2H3/b19-17-. The van der Waals surface area contributed by atoms with Crippen LogP contribution in [0.4, 0.5) is 4.39 Å². The van der Waals surface area contributed by atoms with Gasteiger partial charge in [-0.25, -0.2) is 4.39 Å². The van der Waals surface area contributed by atoms with E-state index in [4.69, 9.17) is 0 Å². The number of aliphatic hydroxyl groups is 1. The molecule has 0 radical (unpaired) electrons. The lowest BCUT2D eigenvalue weighted by molar-refractivity contribution is -0.140. The Kier molecular flexibility index (Phi) is 5.37. The molecule has 1 atom stereocenters. The Morgan fingerprint density at radius 3 is 2.33 bits per heavy atom. The number of likely N-dealkylation sites (N-methyl/N-ethyl adjacent to an activating group) is 1. The highest BCUT2D eigenvalue weighted by molar-refractivity contribution is 6.46. The van der Waals surface area contributed by atoms with Crippen LogP contribution in [0.15, 0.2) is 60.2 Å². The molecule has 1 saturated heterocycles. The largest absolute Gasteiger partial charge is 0.507 e. The molecule has 2 aromatic rings. The van der Waals surface area contributed by atoms with Crippen molar-refractivity contribution in [3.63, 3.8) is 0 Å². The fraction of sp³-hybridized carbons (Fsp3) is 0.238. The Bertz CT molecular complexity index is 893. The Balaban J connectivity index is 2.17. The van der Waals surface area contributed by atoms with E-state index < -0.39 is 23.5 Å². The number of Topliss-reactive ketones (excluding diaryl/α,β-unsaturated/α-hetero) is 1. The zero-order valence-corrected chi connectivity index (χ0v) is 15.2. The minimum Gasteiger partial charge on any atom is -0.507 e. The van der Waals surface area contributed by atoms with E-state index >= 15 is 0 Å². The summed E-state index contributed by atoms with van der Waals surface area (Å²) in [6.45, 7) is 0.742. The molecule has 0 bridgehead atoms. The first-order valence-corrected chi connectivity index (χ1v) is 8.64. The number of amides is 1. The third kappa shape index (κ3) is 3.61. The first-order valence-electron chi connectivity index (χ1n) is 8.64. The minimum atomic E-state index is -0.966. The van der Waals surface area contributed by atoms with Crippen molar-refractivity contribution in [1.29, 1.82) is 0 Å². The lowest BCUT2D eigenvalue weighted by Crippen LogP contribution is -2.35. The van der Waals surface area contributed by atoms with Crippen LogP contribution in [0.3, 0.4) is 0 Å². The maximum Gasteiger partial charge on any atom is 0.295 e. The van der Waals surface area contributed by atoms with Crippen molar-refractivity contribution in [2.75, 3.05) is 27.2 Å². The molecule has 1 aliphatic rings. The smallest absolute Gasteiger partial charge is 0.295 e. The van der Waals surface area contributed by atoms with E-state index in [0.29, 0.717) is 12.1 Å². The number of carbonyl (C=O) groups excluding carboxylic acids is 2. The second kappa shape index (κ2) is 7.72. The van der Waals surface area contributed by atoms with Gasteiger partial charge in [0.25, 0.3) is 11.7 Å². The van der Waals surface area contributed by atoms with Gasteiger partial charge in [0.05, 0.1) is 11.6 Å². The first kappa shape index (κ1) is 18.8. The van der Waals surface area contributed by atoms with Crippen molar-refractivity contribution < 1.29 is 19.1 Å². The van der Waals surface area contributed by atoms with E-state index in [9.17, 15) is 19.1 Å². The van der Waals surface area contributed by atoms with E-state index in [2.05, 4.69) is 0 Å². The van der Waals surface area contributed by atoms with Gasteiger partial charge in [-0.3, -0.25) is 9.59 Å². The molecule has 1 fully saturated rings. The van der Waals surface area contributed by atoms with Gasteiger partial charge in [-0.15, -0.1) is 0 Å². The molecule has 3 rings (SSSR count). The quantitative estimate of drug-likeness (QED) is 0.501. The van der Waals surface area contributed by atoms with Crippen molar-refractivity contribution in [2.24, 2.45) is 0 Å². The molecule has 140 valence electrons. The van der Waals surface area contributed by atoms with Crippen LogP contribution in [-0.2, 0) is 9.59 Å². The molecule has 0 aliphatic carbocycles. The van der Waals surface area contributed by atoms with E-state index in [0.717, 1.165) is 0 Å². The lowest BCUT2D eigenvalue weighted by atomic mass is 9.95. The zero-order chi connectivity index (χ0) is 19.6. The summed E-state index contributed by atoms with van der Waals surface area (Å²) in [6.07, 6.45) is 0. The molecule has 6 heteroatoms. The topological polar surface area (TPSA) is 60.9 Å². The van der Waals surface area contributed by atoms with Crippen LogP contribution in [0.25, 0.3) is 5.76 Å². The summed E-state index contributed by atoms with van der Waals surface area (Å²) in [4.78, 5) is 28.6. The second-order valence-electron chi connectivity index (χ2n) is 6.68. The average molecular weight is 368 g/mol. The molecule has 1 heterocycles. The molecular formula is C21H21FN2O3. The second-order valence-corrected chi connectivity index (χ2v) is 6.68. The summed E-state index contributed by atoms with van der Waals surface area (Å²) in [5, 5.41) is 10.8. The lowest BCUT2D eigenvalue weighted by Gasteiger charge is -2.26. The van der Waals surface area contributed by atoms with E-state index in [-0.39, 0.29) is 23.4 Å². The first-order chi connectivity index (χ1) is 12.9. The molecule has 1 aliphatic heterocycles. The van der Waals surface area contributed by atoms with Gasteiger partial charge in [0.2, 0.25) is 0 Å². The van der Waals surface area contributed by atoms with Crippen molar-refractivity contribution in [2.45, 2.75) is 6.04 Å². The average Bonchev–Trinajstić information content (AvgIpc) is 2.91. The molecule has 0 spiro atoms. The number of ketones is 1. The summed E-state index contributed by atoms with van der Waals surface area (Å²) in [5.41, 5.74) is 0.507. The molecule has 0 saturated carbocycles. The summed E-state index contributed by atoms with van der Waals surface area (Å²) in [5.74, 6) is -2.36. The van der Waals surface area contributed by atoms with Gasteiger partial charge in [0.15, 0.2) is 0 Å². The van der Waals surface area contributed by atoms with Gasteiger partial charge < -0.3 is 14.9 Å². The SMILES string of the molecule is CN(C)CCN1C(=O)C(=O)/C(=C(\O)c2ccccc2)C1c1ccccc1F. The molecule has 0 aromatic heterocycles. The Labute approximate surface area is 157 Å². The third-order valence-electron chi connectivity index (χ3n) is 4.58. The van der Waals surface area contributed by atoms with Gasteiger partial charge in [0.1, 0.15) is 11.6 Å². The Morgan fingerprint density at radius 2 is 1.70 bits per heavy atom. The molecule has 5 nitrogen and oxygen atoms in total. The van der Waals surface area contributed by atoms with Crippen LogP contribution in [0.2, 0.25) is 0 Å². The highest BCUT2D eigenvalue weighted by atomic mass is 19.1. The number of hydrogen-bond acceptors (Lipinski definition) is 4. The molecule has 27 heavy (non-hydrogen) atoms. The molecule has 2 aromatic carbocycles. The number of aliphatic hydroxyl groups excluding tert-OH is 1. The molecule has 1 amide bonds. The van der Waals surface area contributed by atoms with Gasteiger partial charge in [-0.1, -0.05) is 48.5 Å². The van der Waals surface area contributed by atoms with Crippen LogP contribution >= 0.6 is 0 Å². The van der Waals surface area contributed by atoms with E-state index in [1.807, 2.05) is 19.0 Å². The number of carbonyl (C=O) groups is 2. The van der Waals surface area contributed by atoms with Gasteiger partial charge >= 0.3 is 0 Å². The van der Waals surface area contributed by atoms with Crippen LogP contribution in [0, 0.1) is 5.82 Å². The maximum absolute atomic E-state index is 14.5. The monoisotopic (exact) mass is 368 g/mol. The van der Waals surface area contributed by atoms with Crippen LogP contribution < -0.4 is 0 Å².